The summed E-state index contributed by atoms with van der Waals surface area (Å²) >= 11 is 1.27. The molecule has 2 amide bonds. The molecule has 0 aromatic heterocycles. The van der Waals surface area contributed by atoms with Gasteiger partial charge in [0.1, 0.15) is 5.75 Å². The maximum Gasteiger partial charge on any atom is 0.264 e. The number of aryl methyl sites for hydroxylation is 1. The second-order valence-corrected chi connectivity index (χ2v) is 6.68. The fourth-order valence-corrected chi connectivity index (χ4v) is 3.06. The number of nitrogens with zero attached hydrogens (tertiary/aromatic N) is 1. The summed E-state index contributed by atoms with van der Waals surface area (Å²) in [5, 5.41) is 3.29. The van der Waals surface area contributed by atoms with Crippen molar-refractivity contribution in [2.24, 2.45) is 10.7 Å². The first-order valence-corrected chi connectivity index (χ1v) is 8.69. The Hall–Kier alpha value is -3.06. The molecule has 6 nitrogen and oxygen atoms in total. The monoisotopic (exact) mass is 367 g/mol. The van der Waals surface area contributed by atoms with Crippen LogP contribution in [0.25, 0.3) is 6.08 Å². The second kappa shape index (κ2) is 7.88. The van der Waals surface area contributed by atoms with Crippen LogP contribution in [0.4, 0.5) is 5.69 Å². The molecule has 0 saturated carbocycles. The molecule has 1 fully saturated rings. The summed E-state index contributed by atoms with van der Waals surface area (Å²) in [4.78, 5) is 27.9. The summed E-state index contributed by atoms with van der Waals surface area (Å²) in [6.07, 6.45) is 1.74. The zero-order valence-corrected chi connectivity index (χ0v) is 14.9. The van der Waals surface area contributed by atoms with Crippen LogP contribution in [0.5, 0.6) is 5.75 Å². The van der Waals surface area contributed by atoms with Gasteiger partial charge in [-0.05, 0) is 54.6 Å². The van der Waals surface area contributed by atoms with Gasteiger partial charge in [-0.25, -0.2) is 4.99 Å². The molecular weight excluding hydrogens is 350 g/mol. The van der Waals surface area contributed by atoms with Gasteiger partial charge in [0.15, 0.2) is 11.8 Å². The van der Waals surface area contributed by atoms with E-state index in [2.05, 4.69) is 10.3 Å². The van der Waals surface area contributed by atoms with Gasteiger partial charge in [-0.3, -0.25) is 9.59 Å². The summed E-state index contributed by atoms with van der Waals surface area (Å²) < 4.78 is 5.27. The highest BCUT2D eigenvalue weighted by atomic mass is 32.2. The molecule has 132 valence electrons. The second-order valence-electron chi connectivity index (χ2n) is 5.64. The molecule has 0 radical (unpaired) electrons. The predicted octanol–water partition coefficient (Wildman–Crippen LogP) is 2.75. The number of primary amides is 1. The number of hydrogen-bond acceptors (Lipinski definition) is 5. The molecule has 1 aliphatic heterocycles. The van der Waals surface area contributed by atoms with E-state index in [-0.39, 0.29) is 12.5 Å². The topological polar surface area (TPSA) is 93.8 Å². The molecule has 2 aromatic rings. The van der Waals surface area contributed by atoms with Crippen LogP contribution in [0.3, 0.4) is 0 Å². The highest BCUT2D eigenvalue weighted by Gasteiger charge is 2.23. The smallest absolute Gasteiger partial charge is 0.264 e. The molecule has 7 heteroatoms. The first-order chi connectivity index (χ1) is 12.5. The lowest BCUT2D eigenvalue weighted by Crippen LogP contribution is -2.20. The molecule has 0 atom stereocenters. The number of nitrogens with two attached hydrogens (primary N) is 1. The number of amidine groups is 1. The van der Waals surface area contributed by atoms with E-state index in [4.69, 9.17) is 10.5 Å². The Morgan fingerprint density at radius 2 is 2.04 bits per heavy atom. The van der Waals surface area contributed by atoms with Crippen molar-refractivity contribution >= 4 is 40.5 Å². The third-order valence-electron chi connectivity index (χ3n) is 3.45. The van der Waals surface area contributed by atoms with E-state index in [1.165, 1.54) is 11.8 Å². The Morgan fingerprint density at radius 1 is 1.27 bits per heavy atom. The summed E-state index contributed by atoms with van der Waals surface area (Å²) in [6.45, 7) is 1.81. The largest absolute Gasteiger partial charge is 0.484 e. The van der Waals surface area contributed by atoms with Crippen LogP contribution in [0.2, 0.25) is 0 Å². The third kappa shape index (κ3) is 4.73. The van der Waals surface area contributed by atoms with Gasteiger partial charge in [-0.15, -0.1) is 0 Å². The van der Waals surface area contributed by atoms with Gasteiger partial charge in [0.25, 0.3) is 11.8 Å². The van der Waals surface area contributed by atoms with E-state index >= 15 is 0 Å². The average molecular weight is 367 g/mol. The molecule has 1 aliphatic rings. The number of carbonyl (C=O) groups is 2. The molecule has 3 rings (SSSR count). The summed E-state index contributed by atoms with van der Waals surface area (Å²) in [5.41, 5.74) is 7.78. The molecule has 0 bridgehead atoms. The Morgan fingerprint density at radius 3 is 2.77 bits per heavy atom. The van der Waals surface area contributed by atoms with Crippen molar-refractivity contribution in [1.29, 1.82) is 0 Å². The quantitative estimate of drug-likeness (QED) is 0.795. The lowest BCUT2D eigenvalue weighted by molar-refractivity contribution is -0.120. The van der Waals surface area contributed by atoms with Gasteiger partial charge in [0.05, 0.1) is 10.6 Å². The fraction of sp³-hybridized carbons (Fsp3) is 0.105. The van der Waals surface area contributed by atoms with Crippen molar-refractivity contribution in [3.05, 3.63) is 64.6 Å². The van der Waals surface area contributed by atoms with Crippen LogP contribution in [-0.4, -0.2) is 23.6 Å². The minimum Gasteiger partial charge on any atom is -0.484 e. The van der Waals surface area contributed by atoms with Crippen molar-refractivity contribution in [1.82, 2.24) is 5.32 Å². The standard InChI is InChI=1S/C19H17N3O3S/c1-12-5-7-14(8-6-12)21-19-22-18(24)16(26-19)10-13-3-2-4-15(9-13)25-11-17(20)23/h2-10H,11H2,1H3,(H2,20,23)(H,21,22,24)/b16-10-. The third-order valence-corrected chi connectivity index (χ3v) is 4.36. The van der Waals surface area contributed by atoms with E-state index < -0.39 is 5.91 Å². The first-order valence-electron chi connectivity index (χ1n) is 7.87. The predicted molar refractivity (Wildman–Crippen MR) is 103 cm³/mol. The lowest BCUT2D eigenvalue weighted by atomic mass is 10.2. The molecule has 0 spiro atoms. The number of ether oxygens (including phenoxy) is 1. The Bertz CT molecular complexity index is 905. The maximum atomic E-state index is 12.2. The number of thioether (sulfide) groups is 1. The lowest BCUT2D eigenvalue weighted by Gasteiger charge is -2.04. The van der Waals surface area contributed by atoms with E-state index in [1.54, 1.807) is 24.3 Å². The van der Waals surface area contributed by atoms with E-state index in [0.29, 0.717) is 15.8 Å². The normalized spacial score (nSPS) is 16.7. The van der Waals surface area contributed by atoms with Crippen molar-refractivity contribution in [2.45, 2.75) is 6.92 Å². The first kappa shape index (κ1) is 17.8. The summed E-state index contributed by atoms with van der Waals surface area (Å²) in [7, 11) is 0. The van der Waals surface area contributed by atoms with Crippen LogP contribution >= 0.6 is 11.8 Å². The van der Waals surface area contributed by atoms with E-state index in [1.807, 2.05) is 37.3 Å². The van der Waals surface area contributed by atoms with Crippen molar-refractivity contribution in [3.8, 4) is 5.75 Å². The van der Waals surface area contributed by atoms with Gasteiger partial charge >= 0.3 is 0 Å². The summed E-state index contributed by atoms with van der Waals surface area (Å²) in [5.74, 6) is -0.240. The van der Waals surface area contributed by atoms with E-state index in [9.17, 15) is 9.59 Å². The Kier molecular flexibility index (Phi) is 5.38. The average Bonchev–Trinajstić information content (AvgIpc) is 2.95. The van der Waals surface area contributed by atoms with Crippen molar-refractivity contribution in [3.63, 3.8) is 0 Å². The molecule has 2 aromatic carbocycles. The molecule has 1 saturated heterocycles. The Balaban J connectivity index is 1.75. The van der Waals surface area contributed by atoms with Crippen LogP contribution in [0.1, 0.15) is 11.1 Å². The number of hydrogen-bond donors (Lipinski definition) is 2. The highest BCUT2D eigenvalue weighted by Crippen LogP contribution is 2.28. The molecule has 3 N–H and O–H groups in total. The SMILES string of the molecule is Cc1ccc(N=C2NC(=O)/C(=C/c3cccc(OCC(N)=O)c3)S2)cc1. The Labute approximate surface area is 155 Å². The van der Waals surface area contributed by atoms with Gasteiger partial charge in [0.2, 0.25) is 0 Å². The van der Waals surface area contributed by atoms with Gasteiger partial charge in [0, 0.05) is 0 Å². The van der Waals surface area contributed by atoms with Gasteiger partial charge in [-0.1, -0.05) is 29.8 Å². The van der Waals surface area contributed by atoms with Gasteiger partial charge < -0.3 is 15.8 Å². The number of benzene rings is 2. The number of amides is 2. The van der Waals surface area contributed by atoms with Crippen molar-refractivity contribution < 1.29 is 14.3 Å². The summed E-state index contributed by atoms with van der Waals surface area (Å²) in [6, 6.07) is 14.8. The van der Waals surface area contributed by atoms with Crippen LogP contribution in [0.15, 0.2) is 58.4 Å². The molecule has 26 heavy (non-hydrogen) atoms. The van der Waals surface area contributed by atoms with Crippen molar-refractivity contribution in [2.75, 3.05) is 6.61 Å². The number of nitrogens with one attached hydrogen (secondary N) is 1. The fourth-order valence-electron chi connectivity index (χ4n) is 2.22. The molecule has 0 aliphatic carbocycles. The van der Waals surface area contributed by atoms with Crippen LogP contribution < -0.4 is 15.8 Å². The number of aliphatic imine (C=N–C) groups is 1. The number of rotatable bonds is 5. The maximum absolute atomic E-state index is 12.2. The van der Waals surface area contributed by atoms with Gasteiger partial charge in [-0.2, -0.15) is 0 Å². The minimum absolute atomic E-state index is 0.192. The number of carbonyl (C=O) groups excluding carboxylic acids is 2. The van der Waals surface area contributed by atoms with Crippen LogP contribution in [0, 0.1) is 6.92 Å². The highest BCUT2D eigenvalue weighted by molar-refractivity contribution is 8.18. The molecule has 1 heterocycles. The minimum atomic E-state index is -0.545. The zero-order chi connectivity index (χ0) is 18.5. The molecular formula is C19H17N3O3S. The van der Waals surface area contributed by atoms with E-state index in [0.717, 1.165) is 16.8 Å². The zero-order valence-electron chi connectivity index (χ0n) is 14.1. The molecule has 0 unspecified atom stereocenters. The van der Waals surface area contributed by atoms with Crippen LogP contribution in [-0.2, 0) is 9.59 Å².